The zero-order chi connectivity index (χ0) is 16.0. The molecule has 0 radical (unpaired) electrons. The Balaban J connectivity index is 2.89. The molecule has 1 unspecified atom stereocenters. The average Bonchev–Trinajstić information content (AvgIpc) is 2.44. The van der Waals surface area contributed by atoms with E-state index in [0.717, 1.165) is 16.9 Å². The van der Waals surface area contributed by atoms with E-state index in [2.05, 4.69) is 0 Å². The molecule has 0 saturated carbocycles. The number of carbonyl (C=O) groups is 3. The van der Waals surface area contributed by atoms with E-state index in [1.807, 2.05) is 31.2 Å². The summed E-state index contributed by atoms with van der Waals surface area (Å²) in [6, 6.07) is 7.64. The van der Waals surface area contributed by atoms with Crippen molar-refractivity contribution in [2.24, 2.45) is 11.5 Å². The van der Waals surface area contributed by atoms with Gasteiger partial charge in [-0.25, -0.2) is 0 Å². The van der Waals surface area contributed by atoms with Crippen LogP contribution in [0.15, 0.2) is 24.3 Å². The summed E-state index contributed by atoms with van der Waals surface area (Å²) in [5, 5.41) is 0. The van der Waals surface area contributed by atoms with Crippen LogP contribution in [-0.2, 0) is 20.8 Å². The Kier molecular flexibility index (Phi) is 5.90. The first-order valence-corrected chi connectivity index (χ1v) is 6.79. The Morgan fingerprint density at radius 2 is 1.52 bits per heavy atom. The van der Waals surface area contributed by atoms with Crippen LogP contribution in [0.2, 0.25) is 0 Å². The largest absolute Gasteiger partial charge is 0.368 e. The van der Waals surface area contributed by atoms with Crippen LogP contribution in [0.4, 0.5) is 0 Å². The van der Waals surface area contributed by atoms with Gasteiger partial charge in [-0.1, -0.05) is 31.2 Å². The molecule has 6 heteroatoms. The van der Waals surface area contributed by atoms with Crippen molar-refractivity contribution in [1.29, 1.82) is 0 Å². The number of rotatable bonds is 7. The summed E-state index contributed by atoms with van der Waals surface area (Å²) in [6.45, 7) is 3.13. The monoisotopic (exact) mass is 291 g/mol. The van der Waals surface area contributed by atoms with Crippen molar-refractivity contribution < 1.29 is 14.4 Å². The zero-order valence-corrected chi connectivity index (χ0v) is 12.3. The van der Waals surface area contributed by atoms with Gasteiger partial charge in [-0.2, -0.15) is 0 Å². The molecule has 114 valence electrons. The van der Waals surface area contributed by atoms with E-state index in [1.54, 1.807) is 6.92 Å². The minimum atomic E-state index is -0.682. The first kappa shape index (κ1) is 16.7. The number of hydrogen-bond acceptors (Lipinski definition) is 3. The molecule has 3 amide bonds. The lowest BCUT2D eigenvalue weighted by Crippen LogP contribution is -2.44. The molecule has 0 heterocycles. The second-order valence-corrected chi connectivity index (χ2v) is 4.94. The van der Waals surface area contributed by atoms with E-state index >= 15 is 0 Å². The highest BCUT2D eigenvalue weighted by molar-refractivity contribution is 5.91. The molecule has 1 aromatic rings. The third-order valence-electron chi connectivity index (χ3n) is 3.26. The van der Waals surface area contributed by atoms with E-state index in [-0.39, 0.29) is 19.0 Å². The summed E-state index contributed by atoms with van der Waals surface area (Å²) < 4.78 is 0. The van der Waals surface area contributed by atoms with Crippen LogP contribution in [0.3, 0.4) is 0 Å². The van der Waals surface area contributed by atoms with Crippen LogP contribution in [0.5, 0.6) is 0 Å². The van der Waals surface area contributed by atoms with Gasteiger partial charge in [-0.3, -0.25) is 14.4 Å². The molecule has 6 nitrogen and oxygen atoms in total. The molecule has 0 aromatic heterocycles. The van der Waals surface area contributed by atoms with Gasteiger partial charge in [0.25, 0.3) is 0 Å². The molecule has 21 heavy (non-hydrogen) atoms. The van der Waals surface area contributed by atoms with Crippen LogP contribution >= 0.6 is 0 Å². The lowest BCUT2D eigenvalue weighted by Gasteiger charge is -2.23. The Morgan fingerprint density at radius 3 is 1.90 bits per heavy atom. The molecular weight excluding hydrogens is 270 g/mol. The first-order valence-electron chi connectivity index (χ1n) is 6.79. The van der Waals surface area contributed by atoms with Crippen LogP contribution in [0, 0.1) is 0 Å². The Morgan fingerprint density at radius 1 is 1.05 bits per heavy atom. The van der Waals surface area contributed by atoms with Gasteiger partial charge in [0.15, 0.2) is 0 Å². The molecule has 0 bridgehead atoms. The Bertz CT molecular complexity index is 509. The van der Waals surface area contributed by atoms with E-state index < -0.39 is 17.7 Å². The zero-order valence-electron chi connectivity index (χ0n) is 12.3. The molecule has 1 rings (SSSR count). The first-order chi connectivity index (χ1) is 9.85. The summed E-state index contributed by atoms with van der Waals surface area (Å²) in [7, 11) is 0. The normalized spacial score (nSPS) is 11.7. The molecule has 0 aliphatic rings. The second-order valence-electron chi connectivity index (χ2n) is 4.94. The second kappa shape index (κ2) is 7.42. The van der Waals surface area contributed by atoms with Crippen molar-refractivity contribution in [3.05, 3.63) is 35.4 Å². The maximum atomic E-state index is 12.4. The third kappa shape index (κ3) is 4.91. The Hall–Kier alpha value is -2.37. The van der Waals surface area contributed by atoms with Gasteiger partial charge in [0.05, 0.1) is 19.0 Å². The van der Waals surface area contributed by atoms with Crippen LogP contribution in [0.1, 0.15) is 30.9 Å². The van der Waals surface area contributed by atoms with Crippen molar-refractivity contribution in [2.75, 3.05) is 13.1 Å². The number of hydrogen-bond donors (Lipinski definition) is 2. The Labute approximate surface area is 124 Å². The van der Waals surface area contributed by atoms with Crippen molar-refractivity contribution >= 4 is 17.7 Å². The summed E-state index contributed by atoms with van der Waals surface area (Å²) in [5.74, 6) is -2.19. The lowest BCUT2D eigenvalue weighted by molar-refractivity contribution is -0.139. The molecule has 1 atom stereocenters. The van der Waals surface area contributed by atoms with Gasteiger partial charge >= 0.3 is 0 Å². The lowest BCUT2D eigenvalue weighted by atomic mass is 9.98. The highest BCUT2D eigenvalue weighted by Crippen LogP contribution is 2.19. The van der Waals surface area contributed by atoms with Gasteiger partial charge in [0.2, 0.25) is 17.7 Å². The smallest absolute Gasteiger partial charge is 0.237 e. The standard InChI is InChI=1S/C15H21N3O3/c1-3-11-4-6-12(7-5-11)10(2)15(21)18(8-13(16)19)9-14(17)20/h4-7,10H,3,8-9H2,1-2H3,(H2,16,19)(H2,17,20). The number of amides is 3. The van der Waals surface area contributed by atoms with E-state index in [9.17, 15) is 14.4 Å². The van der Waals surface area contributed by atoms with Gasteiger partial charge in [0.1, 0.15) is 0 Å². The molecule has 4 N–H and O–H groups in total. The number of aryl methyl sites for hydroxylation is 1. The molecule has 0 aliphatic heterocycles. The van der Waals surface area contributed by atoms with Crippen molar-refractivity contribution in [2.45, 2.75) is 26.2 Å². The molecule has 0 fully saturated rings. The van der Waals surface area contributed by atoms with Gasteiger partial charge in [-0.15, -0.1) is 0 Å². The van der Waals surface area contributed by atoms with Gasteiger partial charge in [-0.05, 0) is 24.5 Å². The minimum Gasteiger partial charge on any atom is -0.368 e. The summed E-state index contributed by atoms with van der Waals surface area (Å²) in [4.78, 5) is 35.5. The summed E-state index contributed by atoms with van der Waals surface area (Å²) >= 11 is 0. The highest BCUT2D eigenvalue weighted by Gasteiger charge is 2.24. The fourth-order valence-electron chi connectivity index (χ4n) is 2.05. The number of primary amides is 2. The molecule has 0 saturated heterocycles. The number of nitrogens with zero attached hydrogens (tertiary/aromatic N) is 1. The van der Waals surface area contributed by atoms with E-state index in [1.165, 1.54) is 5.56 Å². The van der Waals surface area contributed by atoms with Gasteiger partial charge in [0, 0.05) is 0 Å². The van der Waals surface area contributed by atoms with Crippen LogP contribution in [-0.4, -0.2) is 35.7 Å². The van der Waals surface area contributed by atoms with Crippen molar-refractivity contribution in [1.82, 2.24) is 4.90 Å². The predicted molar refractivity (Wildman–Crippen MR) is 79.2 cm³/mol. The molecule has 0 aliphatic carbocycles. The molecular formula is C15H21N3O3. The van der Waals surface area contributed by atoms with Crippen molar-refractivity contribution in [3.8, 4) is 0 Å². The van der Waals surface area contributed by atoms with Crippen molar-refractivity contribution in [3.63, 3.8) is 0 Å². The van der Waals surface area contributed by atoms with Crippen LogP contribution < -0.4 is 11.5 Å². The highest BCUT2D eigenvalue weighted by atomic mass is 16.2. The number of carbonyl (C=O) groups excluding carboxylic acids is 3. The SMILES string of the molecule is CCc1ccc(C(C)C(=O)N(CC(N)=O)CC(N)=O)cc1. The number of benzene rings is 1. The van der Waals surface area contributed by atoms with Crippen LogP contribution in [0.25, 0.3) is 0 Å². The maximum absolute atomic E-state index is 12.4. The van der Waals surface area contributed by atoms with Gasteiger partial charge < -0.3 is 16.4 Å². The molecule has 1 aromatic carbocycles. The van der Waals surface area contributed by atoms with E-state index in [4.69, 9.17) is 11.5 Å². The summed E-state index contributed by atoms with van der Waals surface area (Å²) in [5.41, 5.74) is 12.2. The minimum absolute atomic E-state index is 0.320. The fourth-order valence-corrected chi connectivity index (χ4v) is 2.05. The summed E-state index contributed by atoms with van der Waals surface area (Å²) in [6.07, 6.45) is 0.915. The third-order valence-corrected chi connectivity index (χ3v) is 3.26. The average molecular weight is 291 g/mol. The predicted octanol–water partition coefficient (Wildman–Crippen LogP) is 0.152. The fraction of sp³-hybridized carbons (Fsp3) is 0.400. The topological polar surface area (TPSA) is 106 Å². The number of nitrogens with two attached hydrogens (primary N) is 2. The maximum Gasteiger partial charge on any atom is 0.237 e. The molecule has 0 spiro atoms. The van der Waals surface area contributed by atoms with E-state index in [0.29, 0.717) is 0 Å². The quantitative estimate of drug-likeness (QED) is 0.746.